The molecule has 2 N–H and O–H groups in total. The molecule has 1 amide bonds. The molecule has 96 valence electrons. The zero-order valence-corrected chi connectivity index (χ0v) is 10.5. The van der Waals surface area contributed by atoms with Crippen molar-refractivity contribution in [1.82, 2.24) is 4.98 Å². The second-order valence-electron chi connectivity index (χ2n) is 4.59. The van der Waals surface area contributed by atoms with Crippen molar-refractivity contribution < 1.29 is 4.79 Å². The molecule has 1 aliphatic heterocycles. The van der Waals surface area contributed by atoms with Gasteiger partial charge in [-0.25, -0.2) is 0 Å². The number of amides is 1. The van der Waals surface area contributed by atoms with E-state index < -0.39 is 0 Å². The largest absolute Gasteiger partial charge is 0.326 e. The third-order valence-corrected chi connectivity index (χ3v) is 3.41. The van der Waals surface area contributed by atoms with Crippen LogP contribution >= 0.6 is 0 Å². The molecule has 0 aliphatic carbocycles. The van der Waals surface area contributed by atoms with Gasteiger partial charge in [-0.1, -0.05) is 24.3 Å². The van der Waals surface area contributed by atoms with E-state index >= 15 is 0 Å². The number of anilines is 1. The highest BCUT2D eigenvalue weighted by atomic mass is 16.2. The number of hydrogen-bond acceptors (Lipinski definition) is 3. The second-order valence-corrected chi connectivity index (χ2v) is 4.59. The molecule has 0 bridgehead atoms. The van der Waals surface area contributed by atoms with Crippen LogP contribution in [0.1, 0.15) is 21.6 Å². The average Bonchev–Trinajstić information content (AvgIpc) is 2.90. The molecule has 1 aromatic heterocycles. The third-order valence-electron chi connectivity index (χ3n) is 3.41. The number of pyridine rings is 1. The van der Waals surface area contributed by atoms with E-state index in [1.165, 1.54) is 5.56 Å². The zero-order valence-electron chi connectivity index (χ0n) is 10.5. The predicted octanol–water partition coefficient (Wildman–Crippen LogP) is 1.74. The Morgan fingerprint density at radius 3 is 2.84 bits per heavy atom. The maximum absolute atomic E-state index is 12.4. The molecule has 4 heteroatoms. The van der Waals surface area contributed by atoms with E-state index in [4.69, 9.17) is 5.73 Å². The Labute approximate surface area is 111 Å². The highest BCUT2D eigenvalue weighted by Crippen LogP contribution is 2.28. The minimum absolute atomic E-state index is 0.0477. The molecule has 19 heavy (non-hydrogen) atoms. The normalized spacial score (nSPS) is 13.4. The Hall–Kier alpha value is -2.20. The number of aromatic nitrogens is 1. The van der Waals surface area contributed by atoms with Gasteiger partial charge in [0.25, 0.3) is 5.91 Å². The Kier molecular flexibility index (Phi) is 3.01. The van der Waals surface area contributed by atoms with Crippen LogP contribution in [-0.2, 0) is 13.0 Å². The van der Waals surface area contributed by atoms with Crippen molar-refractivity contribution in [2.24, 2.45) is 5.73 Å². The van der Waals surface area contributed by atoms with Crippen LogP contribution in [0.15, 0.2) is 42.6 Å². The Balaban J connectivity index is 1.89. The van der Waals surface area contributed by atoms with E-state index in [9.17, 15) is 4.79 Å². The van der Waals surface area contributed by atoms with Crippen LogP contribution < -0.4 is 10.6 Å². The van der Waals surface area contributed by atoms with Gasteiger partial charge in [-0.05, 0) is 29.7 Å². The molecule has 0 saturated heterocycles. The fraction of sp³-hybridized carbons (Fsp3) is 0.200. The number of hydrogen-bond donors (Lipinski definition) is 1. The third kappa shape index (κ3) is 2.11. The smallest absolute Gasteiger partial charge is 0.276 e. The summed E-state index contributed by atoms with van der Waals surface area (Å²) in [6, 6.07) is 11.6. The highest BCUT2D eigenvalue weighted by molar-refractivity contribution is 6.06. The topological polar surface area (TPSA) is 59.2 Å². The van der Waals surface area contributed by atoms with Crippen LogP contribution in [0.2, 0.25) is 0 Å². The van der Waals surface area contributed by atoms with E-state index in [0.717, 1.165) is 24.2 Å². The first-order valence-corrected chi connectivity index (χ1v) is 6.34. The molecule has 4 nitrogen and oxygen atoms in total. The molecule has 0 unspecified atom stereocenters. The SMILES string of the molecule is NCc1ccc(C(=O)N2CCc3ccccc32)nc1. The van der Waals surface area contributed by atoms with Crippen molar-refractivity contribution in [3.05, 3.63) is 59.4 Å². The number of carbonyl (C=O) groups excluding carboxylic acids is 1. The van der Waals surface area contributed by atoms with Crippen molar-refractivity contribution in [2.75, 3.05) is 11.4 Å². The molecule has 0 radical (unpaired) electrons. The highest BCUT2D eigenvalue weighted by Gasteiger charge is 2.25. The molecule has 0 atom stereocenters. The molecule has 2 aromatic rings. The number of nitrogens with zero attached hydrogens (tertiary/aromatic N) is 2. The molecule has 0 spiro atoms. The van der Waals surface area contributed by atoms with Gasteiger partial charge in [-0.15, -0.1) is 0 Å². The van der Waals surface area contributed by atoms with E-state index in [1.807, 2.05) is 24.3 Å². The van der Waals surface area contributed by atoms with Gasteiger partial charge in [0.05, 0.1) is 0 Å². The van der Waals surface area contributed by atoms with Gasteiger partial charge < -0.3 is 10.6 Å². The molecule has 1 aliphatic rings. The van der Waals surface area contributed by atoms with Gasteiger partial charge in [-0.3, -0.25) is 9.78 Å². The Morgan fingerprint density at radius 1 is 1.26 bits per heavy atom. The number of nitrogens with two attached hydrogens (primary N) is 1. The van der Waals surface area contributed by atoms with Gasteiger partial charge in [-0.2, -0.15) is 0 Å². The van der Waals surface area contributed by atoms with Crippen molar-refractivity contribution in [2.45, 2.75) is 13.0 Å². The fourth-order valence-electron chi connectivity index (χ4n) is 2.36. The van der Waals surface area contributed by atoms with Gasteiger partial charge in [0.2, 0.25) is 0 Å². The first-order valence-electron chi connectivity index (χ1n) is 6.34. The second kappa shape index (κ2) is 4.82. The number of para-hydroxylation sites is 1. The summed E-state index contributed by atoms with van der Waals surface area (Å²) in [5, 5.41) is 0. The summed E-state index contributed by atoms with van der Waals surface area (Å²) in [6.07, 6.45) is 2.57. The lowest BCUT2D eigenvalue weighted by molar-refractivity contribution is 0.0984. The first-order chi connectivity index (χ1) is 9.29. The van der Waals surface area contributed by atoms with Crippen LogP contribution in [-0.4, -0.2) is 17.4 Å². The standard InChI is InChI=1S/C15H15N3O/c16-9-11-5-6-13(17-10-11)15(19)18-8-7-12-3-1-2-4-14(12)18/h1-6,10H,7-9,16H2. The molecular formula is C15H15N3O. The lowest BCUT2D eigenvalue weighted by Gasteiger charge is -2.16. The van der Waals surface area contributed by atoms with Gasteiger partial charge >= 0.3 is 0 Å². The van der Waals surface area contributed by atoms with Crippen LogP contribution in [0.3, 0.4) is 0 Å². The summed E-state index contributed by atoms with van der Waals surface area (Å²) in [6.45, 7) is 1.16. The van der Waals surface area contributed by atoms with Crippen LogP contribution in [0.25, 0.3) is 0 Å². The van der Waals surface area contributed by atoms with Gasteiger partial charge in [0, 0.05) is 25.0 Å². The molecule has 2 heterocycles. The minimum atomic E-state index is -0.0477. The number of benzene rings is 1. The number of carbonyl (C=O) groups is 1. The monoisotopic (exact) mass is 253 g/mol. The lowest BCUT2D eigenvalue weighted by atomic mass is 10.2. The maximum atomic E-state index is 12.4. The van der Waals surface area contributed by atoms with E-state index in [2.05, 4.69) is 11.1 Å². The van der Waals surface area contributed by atoms with Crippen LogP contribution in [0.5, 0.6) is 0 Å². The van der Waals surface area contributed by atoms with Gasteiger partial charge in [0.1, 0.15) is 5.69 Å². The molecule has 0 fully saturated rings. The fourth-order valence-corrected chi connectivity index (χ4v) is 2.36. The quantitative estimate of drug-likeness (QED) is 0.887. The summed E-state index contributed by atoms with van der Waals surface area (Å²) >= 11 is 0. The van der Waals surface area contributed by atoms with Crippen molar-refractivity contribution >= 4 is 11.6 Å². The van der Waals surface area contributed by atoms with Crippen LogP contribution in [0, 0.1) is 0 Å². The lowest BCUT2D eigenvalue weighted by Crippen LogP contribution is -2.29. The number of fused-ring (bicyclic) bond motifs is 1. The molecule has 3 rings (SSSR count). The summed E-state index contributed by atoms with van der Waals surface area (Å²) in [5.74, 6) is -0.0477. The van der Waals surface area contributed by atoms with Crippen molar-refractivity contribution in [1.29, 1.82) is 0 Å². The van der Waals surface area contributed by atoms with E-state index in [1.54, 1.807) is 17.2 Å². The Bertz CT molecular complexity index is 607. The molecular weight excluding hydrogens is 238 g/mol. The maximum Gasteiger partial charge on any atom is 0.276 e. The molecule has 0 saturated carbocycles. The minimum Gasteiger partial charge on any atom is -0.326 e. The van der Waals surface area contributed by atoms with E-state index in [0.29, 0.717) is 12.2 Å². The van der Waals surface area contributed by atoms with Crippen molar-refractivity contribution in [3.8, 4) is 0 Å². The molecule has 1 aromatic carbocycles. The first kappa shape index (κ1) is 11.9. The summed E-state index contributed by atoms with van der Waals surface area (Å²) in [7, 11) is 0. The average molecular weight is 253 g/mol. The zero-order chi connectivity index (χ0) is 13.2. The summed E-state index contributed by atoms with van der Waals surface area (Å²) in [5.41, 5.74) is 9.14. The Morgan fingerprint density at radius 2 is 2.11 bits per heavy atom. The number of rotatable bonds is 2. The summed E-state index contributed by atoms with van der Waals surface area (Å²) < 4.78 is 0. The van der Waals surface area contributed by atoms with Crippen molar-refractivity contribution in [3.63, 3.8) is 0 Å². The summed E-state index contributed by atoms with van der Waals surface area (Å²) in [4.78, 5) is 18.4. The predicted molar refractivity (Wildman–Crippen MR) is 74.0 cm³/mol. The van der Waals surface area contributed by atoms with E-state index in [-0.39, 0.29) is 5.91 Å². The van der Waals surface area contributed by atoms with Gasteiger partial charge in [0.15, 0.2) is 0 Å². The van der Waals surface area contributed by atoms with Crippen LogP contribution in [0.4, 0.5) is 5.69 Å².